The van der Waals surface area contributed by atoms with E-state index in [9.17, 15) is 0 Å². The van der Waals surface area contributed by atoms with Crippen LogP contribution in [0.4, 0.5) is 0 Å². The van der Waals surface area contributed by atoms with Crippen LogP contribution in [0.2, 0.25) is 0 Å². The molecule has 1 aliphatic carbocycles. The smallest absolute Gasteiger partial charge is 0.0497 e. The highest BCUT2D eigenvalue weighted by atomic mass is 16.3. The fraction of sp³-hybridized carbons (Fsp3) is 0.833. The van der Waals surface area contributed by atoms with Gasteiger partial charge in [-0.1, -0.05) is 0 Å². The molecule has 1 radical (unpaired) electrons. The third-order valence-electron chi connectivity index (χ3n) is 1.81. The third kappa shape index (κ3) is 0.858. The van der Waals surface area contributed by atoms with Crippen molar-refractivity contribution in [2.45, 2.75) is 12.8 Å². The maximum Gasteiger partial charge on any atom is 0.0497 e. The summed E-state index contributed by atoms with van der Waals surface area (Å²) in [7, 11) is 0. The highest BCUT2D eigenvalue weighted by Gasteiger charge is 2.29. The van der Waals surface area contributed by atoms with Gasteiger partial charge in [-0.3, -0.25) is 0 Å². The van der Waals surface area contributed by atoms with E-state index in [4.69, 9.17) is 10.2 Å². The maximum absolute atomic E-state index is 8.56. The summed E-state index contributed by atoms with van der Waals surface area (Å²) < 4.78 is 0. The van der Waals surface area contributed by atoms with Gasteiger partial charge in [0.05, 0.1) is 0 Å². The van der Waals surface area contributed by atoms with Gasteiger partial charge in [0.15, 0.2) is 0 Å². The van der Waals surface area contributed by atoms with Crippen LogP contribution < -0.4 is 0 Å². The molecule has 0 aromatic rings. The summed E-state index contributed by atoms with van der Waals surface area (Å²) in [5.74, 6) is 1.44. The van der Waals surface area contributed by atoms with Gasteiger partial charge in [-0.05, 0) is 18.8 Å². The molecule has 0 amide bonds. The lowest BCUT2D eigenvalue weighted by atomic mass is 9.75. The SMILES string of the molecule is OC[C]1CCC1CO. The lowest BCUT2D eigenvalue weighted by molar-refractivity contribution is 0.148. The highest BCUT2D eigenvalue weighted by Crippen LogP contribution is 2.34. The van der Waals surface area contributed by atoms with Crippen molar-refractivity contribution in [3.8, 4) is 0 Å². The molecule has 47 valence electrons. The van der Waals surface area contributed by atoms with E-state index in [1.54, 1.807) is 0 Å². The molecule has 0 heterocycles. The summed E-state index contributed by atoms with van der Waals surface area (Å²) in [6.45, 7) is 0.390. The summed E-state index contributed by atoms with van der Waals surface area (Å²) in [6, 6.07) is 0. The first kappa shape index (κ1) is 6.05. The van der Waals surface area contributed by atoms with E-state index in [1.807, 2.05) is 0 Å². The van der Waals surface area contributed by atoms with Crippen molar-refractivity contribution in [1.82, 2.24) is 0 Å². The molecule has 0 aromatic heterocycles. The molecule has 2 N–H and O–H groups in total. The van der Waals surface area contributed by atoms with Gasteiger partial charge < -0.3 is 10.2 Å². The topological polar surface area (TPSA) is 40.5 Å². The fourth-order valence-corrected chi connectivity index (χ4v) is 0.981. The van der Waals surface area contributed by atoms with E-state index in [-0.39, 0.29) is 13.2 Å². The molecule has 0 saturated heterocycles. The number of aliphatic hydroxyl groups is 2. The highest BCUT2D eigenvalue weighted by molar-refractivity contribution is 5.04. The standard InChI is InChI=1S/C6H11O2/c7-3-5-1-2-6(5)4-8/h5,7-8H,1-4H2. The molecule has 2 nitrogen and oxygen atoms in total. The average Bonchev–Trinajstić information content (AvgIpc) is 1.66. The van der Waals surface area contributed by atoms with Crippen molar-refractivity contribution < 1.29 is 10.2 Å². The second-order valence-corrected chi connectivity index (χ2v) is 2.23. The minimum absolute atomic E-state index is 0.172. The number of aliphatic hydroxyl groups excluding tert-OH is 2. The van der Waals surface area contributed by atoms with Gasteiger partial charge in [-0.25, -0.2) is 0 Å². The Kier molecular flexibility index (Phi) is 1.86. The van der Waals surface area contributed by atoms with E-state index in [1.165, 1.54) is 0 Å². The molecule has 1 saturated carbocycles. The van der Waals surface area contributed by atoms with Gasteiger partial charge in [0.2, 0.25) is 0 Å². The van der Waals surface area contributed by atoms with Crippen LogP contribution in [0.15, 0.2) is 0 Å². The molecule has 0 bridgehead atoms. The zero-order valence-corrected chi connectivity index (χ0v) is 4.80. The molecule has 1 fully saturated rings. The summed E-state index contributed by atoms with van der Waals surface area (Å²) >= 11 is 0. The molecule has 0 aliphatic heterocycles. The Hall–Kier alpha value is -0.0800. The molecule has 1 aliphatic rings. The molecule has 2 heteroatoms. The molecule has 1 rings (SSSR count). The number of hydrogen-bond donors (Lipinski definition) is 2. The zero-order valence-electron chi connectivity index (χ0n) is 4.80. The van der Waals surface area contributed by atoms with Crippen molar-refractivity contribution in [2.24, 2.45) is 5.92 Å². The van der Waals surface area contributed by atoms with Gasteiger partial charge in [0, 0.05) is 19.1 Å². The Labute approximate surface area is 49.1 Å². The Morgan fingerprint density at radius 1 is 1.50 bits per heavy atom. The molecular weight excluding hydrogens is 104 g/mol. The van der Waals surface area contributed by atoms with Crippen LogP contribution in [0.3, 0.4) is 0 Å². The van der Waals surface area contributed by atoms with Crippen molar-refractivity contribution in [3.63, 3.8) is 0 Å². The fourth-order valence-electron chi connectivity index (χ4n) is 0.981. The van der Waals surface area contributed by atoms with E-state index < -0.39 is 0 Å². The van der Waals surface area contributed by atoms with Gasteiger partial charge in [0.1, 0.15) is 0 Å². The largest absolute Gasteiger partial charge is 0.396 e. The van der Waals surface area contributed by atoms with Gasteiger partial charge in [0.25, 0.3) is 0 Å². The molecule has 0 aromatic carbocycles. The maximum atomic E-state index is 8.56. The minimum Gasteiger partial charge on any atom is -0.396 e. The van der Waals surface area contributed by atoms with Crippen LogP contribution >= 0.6 is 0 Å². The van der Waals surface area contributed by atoms with E-state index in [0.717, 1.165) is 18.8 Å². The van der Waals surface area contributed by atoms with Crippen LogP contribution in [0, 0.1) is 11.8 Å². The van der Waals surface area contributed by atoms with E-state index in [2.05, 4.69) is 0 Å². The van der Waals surface area contributed by atoms with Crippen LogP contribution in [0.25, 0.3) is 0 Å². The summed E-state index contributed by atoms with van der Waals surface area (Å²) in [5, 5.41) is 17.1. The Balaban J connectivity index is 2.16. The Morgan fingerprint density at radius 3 is 2.38 bits per heavy atom. The predicted molar refractivity (Wildman–Crippen MR) is 30.1 cm³/mol. The van der Waals surface area contributed by atoms with Crippen molar-refractivity contribution >= 4 is 0 Å². The zero-order chi connectivity index (χ0) is 5.98. The normalized spacial score (nSPS) is 30.0. The lowest BCUT2D eigenvalue weighted by Gasteiger charge is -2.32. The van der Waals surface area contributed by atoms with Gasteiger partial charge >= 0.3 is 0 Å². The van der Waals surface area contributed by atoms with Gasteiger partial charge in [-0.15, -0.1) is 0 Å². The average molecular weight is 115 g/mol. The summed E-state index contributed by atoms with van der Waals surface area (Å²) in [6.07, 6.45) is 2.08. The summed E-state index contributed by atoms with van der Waals surface area (Å²) in [4.78, 5) is 0. The molecule has 1 atom stereocenters. The number of rotatable bonds is 2. The lowest BCUT2D eigenvalue weighted by Crippen LogP contribution is -2.29. The Morgan fingerprint density at radius 2 is 2.25 bits per heavy atom. The van der Waals surface area contributed by atoms with E-state index in [0.29, 0.717) is 5.92 Å². The molecule has 1 unspecified atom stereocenters. The first-order chi connectivity index (χ1) is 3.88. The van der Waals surface area contributed by atoms with Crippen LogP contribution in [-0.4, -0.2) is 23.4 Å². The quantitative estimate of drug-likeness (QED) is 0.530. The van der Waals surface area contributed by atoms with Gasteiger partial charge in [-0.2, -0.15) is 0 Å². The second kappa shape index (κ2) is 2.46. The Bertz CT molecular complexity index is 58.9. The van der Waals surface area contributed by atoms with Crippen LogP contribution in [0.1, 0.15) is 12.8 Å². The first-order valence-corrected chi connectivity index (χ1v) is 2.94. The minimum atomic E-state index is 0.172. The molecular formula is C6H11O2. The van der Waals surface area contributed by atoms with Crippen LogP contribution in [0.5, 0.6) is 0 Å². The monoisotopic (exact) mass is 115 g/mol. The van der Waals surface area contributed by atoms with Crippen molar-refractivity contribution in [1.29, 1.82) is 0 Å². The van der Waals surface area contributed by atoms with Crippen molar-refractivity contribution in [2.75, 3.05) is 13.2 Å². The molecule has 8 heavy (non-hydrogen) atoms. The summed E-state index contributed by atoms with van der Waals surface area (Å²) in [5.41, 5.74) is 0. The third-order valence-corrected chi connectivity index (χ3v) is 1.81. The predicted octanol–water partition coefficient (Wildman–Crippen LogP) is -0.0445. The molecule has 0 spiro atoms. The number of hydrogen-bond acceptors (Lipinski definition) is 2. The van der Waals surface area contributed by atoms with Crippen molar-refractivity contribution in [3.05, 3.63) is 5.92 Å². The first-order valence-electron chi connectivity index (χ1n) is 2.94. The van der Waals surface area contributed by atoms with Crippen LogP contribution in [-0.2, 0) is 0 Å². The second-order valence-electron chi connectivity index (χ2n) is 2.23. The van der Waals surface area contributed by atoms with E-state index >= 15 is 0 Å².